The predicted octanol–water partition coefficient (Wildman–Crippen LogP) is 9.01. The monoisotopic (exact) mass is 563 g/mol. The molecular formula is C36H53NO4. The summed E-state index contributed by atoms with van der Waals surface area (Å²) in [6.07, 6.45) is 15.4. The molecule has 5 nitrogen and oxygen atoms in total. The Balaban J connectivity index is 1.64. The summed E-state index contributed by atoms with van der Waals surface area (Å²) in [6.45, 7) is 11.9. The number of methoxy groups -OCH3 is 1. The molecule has 0 amide bonds. The number of hydrogen-bond acceptors (Lipinski definition) is 5. The van der Waals surface area contributed by atoms with Crippen LogP contribution in [0.4, 0.5) is 0 Å². The Hall–Kier alpha value is -2.56. The summed E-state index contributed by atoms with van der Waals surface area (Å²) in [5.41, 5.74) is 4.39. The van der Waals surface area contributed by atoms with Gasteiger partial charge in [-0.1, -0.05) is 98.5 Å². The summed E-state index contributed by atoms with van der Waals surface area (Å²) in [5, 5.41) is 10.3. The van der Waals surface area contributed by atoms with Crippen LogP contribution in [0.1, 0.15) is 136 Å². The van der Waals surface area contributed by atoms with E-state index >= 15 is 0 Å². The molecule has 2 aliphatic carbocycles. The van der Waals surface area contributed by atoms with Crippen molar-refractivity contribution >= 4 is 11.6 Å². The second-order valence-corrected chi connectivity index (χ2v) is 14.3. The number of allylic oxidation sites excluding steroid dienone is 4. The molecule has 0 spiro atoms. The topological polar surface area (TPSA) is 66.8 Å². The lowest BCUT2D eigenvalue weighted by Crippen LogP contribution is -2.44. The van der Waals surface area contributed by atoms with Crippen molar-refractivity contribution in [1.82, 2.24) is 4.90 Å². The highest BCUT2D eigenvalue weighted by atomic mass is 16.5. The SMILES string of the molecule is CCCCCCCCCCCCN1C2=C(C(=O)CC(C)(C)C2)C(c2ccc(O)c(OC)c2)C2=C1CC(C)(C)CC2=O. The first-order valence-electron chi connectivity index (χ1n) is 16.1. The van der Waals surface area contributed by atoms with Gasteiger partial charge in [0.25, 0.3) is 0 Å². The number of aromatic hydroxyl groups is 1. The zero-order valence-electron chi connectivity index (χ0n) is 26.5. The molecule has 5 heteroatoms. The lowest BCUT2D eigenvalue weighted by atomic mass is 9.63. The maximum atomic E-state index is 13.9. The van der Waals surface area contributed by atoms with Gasteiger partial charge in [-0.3, -0.25) is 9.59 Å². The van der Waals surface area contributed by atoms with Crippen molar-refractivity contribution in [2.45, 2.75) is 130 Å². The van der Waals surface area contributed by atoms with Crippen LogP contribution < -0.4 is 4.74 Å². The van der Waals surface area contributed by atoms with Crippen molar-refractivity contribution in [3.05, 3.63) is 46.3 Å². The van der Waals surface area contributed by atoms with E-state index in [1.807, 2.05) is 12.1 Å². The second kappa shape index (κ2) is 13.2. The van der Waals surface area contributed by atoms with Crippen molar-refractivity contribution in [2.75, 3.05) is 13.7 Å². The number of nitrogens with zero attached hydrogens (tertiary/aromatic N) is 1. The van der Waals surface area contributed by atoms with Crippen LogP contribution in [0.3, 0.4) is 0 Å². The first kappa shape index (κ1) is 31.4. The van der Waals surface area contributed by atoms with Gasteiger partial charge in [0.15, 0.2) is 23.1 Å². The molecule has 41 heavy (non-hydrogen) atoms. The Morgan fingerprint density at radius 1 is 0.780 bits per heavy atom. The summed E-state index contributed by atoms with van der Waals surface area (Å²) in [7, 11) is 1.53. The third kappa shape index (κ3) is 7.27. The van der Waals surface area contributed by atoms with Gasteiger partial charge in [0.2, 0.25) is 0 Å². The highest BCUT2D eigenvalue weighted by molar-refractivity contribution is 6.06. The zero-order valence-corrected chi connectivity index (χ0v) is 26.5. The number of benzene rings is 1. The van der Waals surface area contributed by atoms with Crippen LogP contribution >= 0.6 is 0 Å². The largest absolute Gasteiger partial charge is 0.504 e. The normalized spacial score (nSPS) is 20.4. The van der Waals surface area contributed by atoms with Gasteiger partial charge in [0, 0.05) is 47.8 Å². The molecule has 3 aliphatic rings. The summed E-state index contributed by atoms with van der Waals surface area (Å²) >= 11 is 0. The maximum Gasteiger partial charge on any atom is 0.162 e. The van der Waals surface area contributed by atoms with Crippen molar-refractivity contribution in [2.24, 2.45) is 10.8 Å². The number of hydrogen-bond donors (Lipinski definition) is 1. The average molecular weight is 564 g/mol. The molecule has 0 aromatic heterocycles. The first-order valence-corrected chi connectivity index (χ1v) is 16.1. The molecule has 4 rings (SSSR count). The number of ketones is 2. The smallest absolute Gasteiger partial charge is 0.162 e. The van der Waals surface area contributed by atoms with E-state index in [0.29, 0.717) is 18.6 Å². The number of phenolic OH excluding ortho intramolecular Hbond substituents is 1. The minimum Gasteiger partial charge on any atom is -0.504 e. The van der Waals surface area contributed by atoms with Crippen LogP contribution in [0, 0.1) is 10.8 Å². The fourth-order valence-corrected chi connectivity index (χ4v) is 7.28. The Bertz CT molecular complexity index is 1130. The van der Waals surface area contributed by atoms with E-state index in [0.717, 1.165) is 53.9 Å². The van der Waals surface area contributed by atoms with Crippen molar-refractivity contribution in [3.8, 4) is 11.5 Å². The molecule has 1 aliphatic heterocycles. The summed E-state index contributed by atoms with van der Waals surface area (Å²) in [4.78, 5) is 30.3. The lowest BCUT2D eigenvalue weighted by Gasteiger charge is -2.49. The minimum absolute atomic E-state index is 0.0604. The van der Waals surface area contributed by atoms with E-state index in [9.17, 15) is 14.7 Å². The number of carbonyl (C=O) groups excluding carboxylic acids is 2. The van der Waals surface area contributed by atoms with E-state index in [2.05, 4.69) is 39.5 Å². The molecule has 0 atom stereocenters. The number of Topliss-reactive ketones (excluding diaryl/α,β-unsaturated/α-hetero) is 2. The van der Waals surface area contributed by atoms with Crippen LogP contribution in [-0.2, 0) is 9.59 Å². The molecule has 0 fully saturated rings. The van der Waals surface area contributed by atoms with Gasteiger partial charge in [0.1, 0.15) is 0 Å². The van der Waals surface area contributed by atoms with Gasteiger partial charge in [-0.15, -0.1) is 0 Å². The van der Waals surface area contributed by atoms with Crippen LogP contribution in [0.15, 0.2) is 40.7 Å². The Morgan fingerprint density at radius 2 is 1.27 bits per heavy atom. The number of ether oxygens (including phenoxy) is 1. The fraction of sp³-hybridized carbons (Fsp3) is 0.667. The number of unbranched alkanes of at least 4 members (excludes halogenated alkanes) is 9. The molecule has 0 unspecified atom stereocenters. The van der Waals surface area contributed by atoms with Crippen molar-refractivity contribution in [1.29, 1.82) is 0 Å². The van der Waals surface area contributed by atoms with Gasteiger partial charge >= 0.3 is 0 Å². The van der Waals surface area contributed by atoms with Gasteiger partial charge < -0.3 is 14.7 Å². The number of rotatable bonds is 13. The van der Waals surface area contributed by atoms with Gasteiger partial charge in [-0.05, 0) is 47.8 Å². The fourth-order valence-electron chi connectivity index (χ4n) is 7.28. The quantitative estimate of drug-likeness (QED) is 0.243. The molecule has 1 N–H and O–H groups in total. The Labute approximate surface area is 248 Å². The van der Waals surface area contributed by atoms with Gasteiger partial charge in [-0.2, -0.15) is 0 Å². The van der Waals surface area contributed by atoms with E-state index in [1.54, 1.807) is 6.07 Å². The molecule has 1 aromatic rings. The van der Waals surface area contributed by atoms with Crippen LogP contribution in [0.2, 0.25) is 0 Å². The van der Waals surface area contributed by atoms with E-state index in [4.69, 9.17) is 4.74 Å². The molecule has 1 aromatic carbocycles. The minimum atomic E-state index is -0.411. The van der Waals surface area contributed by atoms with Gasteiger partial charge in [0.05, 0.1) is 7.11 Å². The highest BCUT2D eigenvalue weighted by Crippen LogP contribution is 2.55. The average Bonchev–Trinajstić information content (AvgIpc) is 2.89. The molecule has 0 saturated carbocycles. The third-order valence-corrected chi connectivity index (χ3v) is 9.29. The first-order chi connectivity index (χ1) is 19.5. The molecule has 1 heterocycles. The van der Waals surface area contributed by atoms with Crippen LogP contribution in [0.25, 0.3) is 0 Å². The molecule has 226 valence electrons. The highest BCUT2D eigenvalue weighted by Gasteiger charge is 2.48. The Kier molecular flexibility index (Phi) is 10.1. The Morgan fingerprint density at radius 3 is 1.76 bits per heavy atom. The lowest BCUT2D eigenvalue weighted by molar-refractivity contribution is -0.119. The number of carbonyl (C=O) groups is 2. The van der Waals surface area contributed by atoms with E-state index in [-0.39, 0.29) is 28.1 Å². The summed E-state index contributed by atoms with van der Waals surface area (Å²) in [5.74, 6) is 0.304. The maximum absolute atomic E-state index is 13.9. The number of phenols is 1. The molecular weight excluding hydrogens is 510 g/mol. The predicted molar refractivity (Wildman–Crippen MR) is 166 cm³/mol. The van der Waals surface area contributed by atoms with Gasteiger partial charge in [-0.25, -0.2) is 0 Å². The standard InChI is InChI=1S/C36H53NO4/c1-7-8-9-10-11-12-13-14-15-16-19-37-26-21-35(2,3)23-29(39)33(26)32(25-17-18-28(38)31(20-25)41-6)34-27(37)22-36(4,5)24-30(34)40/h17-18,20,32,38H,7-16,19,21-24H2,1-6H3. The third-order valence-electron chi connectivity index (χ3n) is 9.29. The van der Waals surface area contributed by atoms with E-state index < -0.39 is 5.92 Å². The molecule has 0 saturated heterocycles. The van der Waals surface area contributed by atoms with Crippen LogP contribution in [0.5, 0.6) is 11.5 Å². The van der Waals surface area contributed by atoms with Crippen molar-refractivity contribution in [3.63, 3.8) is 0 Å². The summed E-state index contributed by atoms with van der Waals surface area (Å²) < 4.78 is 5.44. The zero-order chi connectivity index (χ0) is 29.8. The summed E-state index contributed by atoms with van der Waals surface area (Å²) in [6, 6.07) is 5.29. The van der Waals surface area contributed by atoms with Crippen LogP contribution in [-0.4, -0.2) is 35.2 Å². The van der Waals surface area contributed by atoms with E-state index in [1.165, 1.54) is 64.9 Å². The molecule has 0 radical (unpaired) electrons. The molecule has 0 bridgehead atoms. The van der Waals surface area contributed by atoms with Crippen molar-refractivity contribution < 1.29 is 19.4 Å². The second-order valence-electron chi connectivity index (χ2n) is 14.3.